The molecule has 4 aromatic rings. The summed E-state index contributed by atoms with van der Waals surface area (Å²) in [5.41, 5.74) is 7.31. The molecule has 0 radical (unpaired) electrons. The molecule has 31 heavy (non-hydrogen) atoms. The standard InChI is InChI=1S/C27H28FN3/c1-18(2)19-7-10-23(26(15-19)31-14-6-13-30-31)22-11-8-20(27(3,4)5)16-24(22)25-12-9-21(28)17-29-25/h6-18H,1-5H3. The predicted octanol–water partition coefficient (Wildman–Crippen LogP) is 7.16. The molecule has 0 aliphatic heterocycles. The van der Waals surface area contributed by atoms with E-state index in [0.717, 1.165) is 28.1 Å². The van der Waals surface area contributed by atoms with Crippen LogP contribution < -0.4 is 0 Å². The zero-order chi connectivity index (χ0) is 22.2. The Hall–Kier alpha value is -3.27. The van der Waals surface area contributed by atoms with Gasteiger partial charge in [-0.05, 0) is 58.4 Å². The van der Waals surface area contributed by atoms with Crippen molar-refractivity contribution in [3.63, 3.8) is 0 Å². The molecule has 0 bridgehead atoms. The van der Waals surface area contributed by atoms with Crippen LogP contribution >= 0.6 is 0 Å². The smallest absolute Gasteiger partial charge is 0.141 e. The van der Waals surface area contributed by atoms with Crippen LogP contribution in [0.15, 0.2) is 73.2 Å². The summed E-state index contributed by atoms with van der Waals surface area (Å²) in [6, 6.07) is 18.2. The number of aromatic nitrogens is 3. The number of rotatable bonds is 4. The molecule has 0 aliphatic rings. The first-order valence-corrected chi connectivity index (χ1v) is 10.6. The Kier molecular flexibility index (Phi) is 5.48. The maximum atomic E-state index is 13.6. The van der Waals surface area contributed by atoms with E-state index in [9.17, 15) is 4.39 Å². The van der Waals surface area contributed by atoms with Crippen molar-refractivity contribution in [2.45, 2.75) is 46.0 Å². The summed E-state index contributed by atoms with van der Waals surface area (Å²) in [6.07, 6.45) is 5.03. The predicted molar refractivity (Wildman–Crippen MR) is 125 cm³/mol. The van der Waals surface area contributed by atoms with E-state index >= 15 is 0 Å². The summed E-state index contributed by atoms with van der Waals surface area (Å²) in [5.74, 6) is 0.0701. The molecule has 0 saturated carbocycles. The van der Waals surface area contributed by atoms with E-state index in [0.29, 0.717) is 5.92 Å². The van der Waals surface area contributed by atoms with Crippen molar-refractivity contribution < 1.29 is 4.39 Å². The molecular formula is C27H28FN3. The van der Waals surface area contributed by atoms with Crippen LogP contribution in [0.4, 0.5) is 4.39 Å². The van der Waals surface area contributed by atoms with Crippen molar-refractivity contribution in [3.05, 3.63) is 90.1 Å². The van der Waals surface area contributed by atoms with Crippen LogP contribution in [0.2, 0.25) is 0 Å². The zero-order valence-corrected chi connectivity index (χ0v) is 18.7. The van der Waals surface area contributed by atoms with Gasteiger partial charge in [0.2, 0.25) is 0 Å². The highest BCUT2D eigenvalue weighted by Gasteiger charge is 2.20. The van der Waals surface area contributed by atoms with E-state index in [1.165, 1.54) is 23.4 Å². The Morgan fingerprint density at radius 1 is 0.903 bits per heavy atom. The molecule has 4 heteroatoms. The summed E-state index contributed by atoms with van der Waals surface area (Å²) < 4.78 is 15.5. The molecule has 2 heterocycles. The van der Waals surface area contributed by atoms with E-state index in [2.05, 4.69) is 81.1 Å². The van der Waals surface area contributed by atoms with Gasteiger partial charge in [-0.2, -0.15) is 5.10 Å². The van der Waals surface area contributed by atoms with Gasteiger partial charge in [0.25, 0.3) is 0 Å². The van der Waals surface area contributed by atoms with E-state index in [-0.39, 0.29) is 11.2 Å². The van der Waals surface area contributed by atoms with E-state index in [1.807, 2.05) is 16.9 Å². The summed E-state index contributed by atoms with van der Waals surface area (Å²) in [4.78, 5) is 4.40. The quantitative estimate of drug-likeness (QED) is 0.355. The minimum atomic E-state index is -0.337. The van der Waals surface area contributed by atoms with Crippen LogP contribution in [0.3, 0.4) is 0 Å². The van der Waals surface area contributed by atoms with Crippen LogP contribution in [0, 0.1) is 5.82 Å². The molecule has 0 spiro atoms. The maximum absolute atomic E-state index is 13.6. The first-order valence-electron chi connectivity index (χ1n) is 10.6. The van der Waals surface area contributed by atoms with Gasteiger partial charge in [-0.1, -0.05) is 58.9 Å². The molecule has 0 unspecified atom stereocenters. The molecule has 2 aromatic heterocycles. The van der Waals surface area contributed by atoms with E-state index < -0.39 is 0 Å². The van der Waals surface area contributed by atoms with Gasteiger partial charge in [0.15, 0.2) is 0 Å². The van der Waals surface area contributed by atoms with Crippen LogP contribution in [0.5, 0.6) is 0 Å². The Morgan fingerprint density at radius 3 is 2.29 bits per heavy atom. The normalized spacial score (nSPS) is 11.8. The average molecular weight is 414 g/mol. The van der Waals surface area contributed by atoms with Crippen LogP contribution in [0.25, 0.3) is 28.1 Å². The fourth-order valence-corrected chi connectivity index (χ4v) is 3.73. The first-order chi connectivity index (χ1) is 14.7. The number of nitrogens with zero attached hydrogens (tertiary/aromatic N) is 3. The third kappa shape index (κ3) is 4.29. The third-order valence-corrected chi connectivity index (χ3v) is 5.62. The van der Waals surface area contributed by atoms with Crippen molar-refractivity contribution >= 4 is 0 Å². The summed E-state index contributed by atoms with van der Waals surface area (Å²) in [7, 11) is 0. The lowest BCUT2D eigenvalue weighted by molar-refractivity contribution is 0.590. The van der Waals surface area contributed by atoms with Gasteiger partial charge in [-0.15, -0.1) is 0 Å². The number of benzene rings is 2. The van der Waals surface area contributed by atoms with Gasteiger partial charge < -0.3 is 0 Å². The highest BCUT2D eigenvalue weighted by molar-refractivity contribution is 5.86. The van der Waals surface area contributed by atoms with Gasteiger partial charge in [0, 0.05) is 23.5 Å². The van der Waals surface area contributed by atoms with Gasteiger partial charge in [-0.25, -0.2) is 9.07 Å². The van der Waals surface area contributed by atoms with Crippen molar-refractivity contribution in [2.24, 2.45) is 0 Å². The van der Waals surface area contributed by atoms with E-state index in [1.54, 1.807) is 12.3 Å². The lowest BCUT2D eigenvalue weighted by atomic mass is 9.83. The van der Waals surface area contributed by atoms with Crippen LogP contribution in [0.1, 0.15) is 51.7 Å². The molecule has 4 rings (SSSR count). The SMILES string of the molecule is CC(C)c1ccc(-c2ccc(C(C)(C)C)cc2-c2ccc(F)cn2)c(-n2cccn2)c1. The number of hydrogen-bond acceptors (Lipinski definition) is 2. The minimum absolute atomic E-state index is 0.0143. The topological polar surface area (TPSA) is 30.7 Å². The fourth-order valence-electron chi connectivity index (χ4n) is 3.73. The summed E-state index contributed by atoms with van der Waals surface area (Å²) >= 11 is 0. The van der Waals surface area contributed by atoms with Gasteiger partial charge in [0.1, 0.15) is 5.82 Å². The Balaban J connectivity index is 1.99. The number of halogens is 1. The molecule has 158 valence electrons. The summed E-state index contributed by atoms with van der Waals surface area (Å²) in [5, 5.41) is 4.50. The van der Waals surface area contributed by atoms with Crippen LogP contribution in [-0.4, -0.2) is 14.8 Å². The largest absolute Gasteiger partial charge is 0.253 e. The molecule has 3 nitrogen and oxygen atoms in total. The monoisotopic (exact) mass is 413 g/mol. The van der Waals surface area contributed by atoms with Crippen LogP contribution in [-0.2, 0) is 5.41 Å². The minimum Gasteiger partial charge on any atom is -0.253 e. The van der Waals surface area contributed by atoms with Crippen molar-refractivity contribution in [3.8, 4) is 28.1 Å². The summed E-state index contributed by atoms with van der Waals surface area (Å²) in [6.45, 7) is 10.9. The lowest BCUT2D eigenvalue weighted by Gasteiger charge is -2.22. The van der Waals surface area contributed by atoms with Gasteiger partial charge >= 0.3 is 0 Å². The second-order valence-corrected chi connectivity index (χ2v) is 9.25. The molecule has 0 N–H and O–H groups in total. The number of hydrogen-bond donors (Lipinski definition) is 0. The van der Waals surface area contributed by atoms with Crippen molar-refractivity contribution in [1.82, 2.24) is 14.8 Å². The molecule has 0 amide bonds. The fraction of sp³-hybridized carbons (Fsp3) is 0.259. The molecule has 0 atom stereocenters. The molecule has 0 fully saturated rings. The molecular weight excluding hydrogens is 385 g/mol. The zero-order valence-electron chi connectivity index (χ0n) is 18.7. The second-order valence-electron chi connectivity index (χ2n) is 9.25. The van der Waals surface area contributed by atoms with Crippen molar-refractivity contribution in [2.75, 3.05) is 0 Å². The van der Waals surface area contributed by atoms with Gasteiger partial charge in [-0.3, -0.25) is 4.98 Å². The number of pyridine rings is 1. The highest BCUT2D eigenvalue weighted by Crippen LogP contribution is 2.38. The molecule has 0 saturated heterocycles. The average Bonchev–Trinajstić information content (AvgIpc) is 3.27. The third-order valence-electron chi connectivity index (χ3n) is 5.62. The maximum Gasteiger partial charge on any atom is 0.141 e. The Bertz CT molecular complexity index is 1180. The lowest BCUT2D eigenvalue weighted by Crippen LogP contribution is -2.11. The Labute approximate surface area is 183 Å². The second kappa shape index (κ2) is 8.10. The first kappa shape index (κ1) is 21.0. The molecule has 0 aliphatic carbocycles. The highest BCUT2D eigenvalue weighted by atomic mass is 19.1. The van der Waals surface area contributed by atoms with E-state index in [4.69, 9.17) is 0 Å². The van der Waals surface area contributed by atoms with Gasteiger partial charge in [0.05, 0.1) is 17.6 Å². The Morgan fingerprint density at radius 2 is 1.68 bits per heavy atom. The molecule has 2 aromatic carbocycles. The van der Waals surface area contributed by atoms with Crippen molar-refractivity contribution in [1.29, 1.82) is 0 Å².